The summed E-state index contributed by atoms with van der Waals surface area (Å²) >= 11 is 0. The fourth-order valence-corrected chi connectivity index (χ4v) is 2.84. The minimum absolute atomic E-state index is 0. The van der Waals surface area contributed by atoms with E-state index in [0.717, 1.165) is 32.1 Å². The van der Waals surface area contributed by atoms with Crippen LogP contribution in [-0.4, -0.2) is 43.2 Å². The van der Waals surface area contributed by atoms with Crippen molar-refractivity contribution in [2.24, 2.45) is 5.92 Å². The number of aromatic nitrogens is 1. The molecule has 0 amide bonds. The van der Waals surface area contributed by atoms with Crippen LogP contribution in [0.5, 0.6) is 5.88 Å². The van der Waals surface area contributed by atoms with Gasteiger partial charge in [0.15, 0.2) is 0 Å². The molecule has 1 aliphatic carbocycles. The predicted octanol–water partition coefficient (Wildman–Crippen LogP) is 2.29. The summed E-state index contributed by atoms with van der Waals surface area (Å²) in [5.41, 5.74) is 1.35. The van der Waals surface area contributed by atoms with Crippen LogP contribution in [0.1, 0.15) is 24.4 Å². The standard InChI is InChI=1S/C14H21N3O.2ClH/c1-18-13-5-4-12(10-16-13)14(11-2-3-11)17-8-6-15-7-9-17;;/h4-5,10-11,14-15H,2-3,6-9H2,1H3;2*1H/t14-;;/m0../s1. The predicted molar refractivity (Wildman–Crippen MR) is 85.2 cm³/mol. The number of halogens is 2. The Kier molecular flexibility index (Phi) is 7.03. The molecular formula is C14H23Cl2N3O. The van der Waals surface area contributed by atoms with Crippen molar-refractivity contribution in [2.75, 3.05) is 33.3 Å². The van der Waals surface area contributed by atoms with Gasteiger partial charge >= 0.3 is 0 Å². The minimum atomic E-state index is 0. The van der Waals surface area contributed by atoms with Gasteiger partial charge in [-0.1, -0.05) is 6.07 Å². The van der Waals surface area contributed by atoms with Gasteiger partial charge in [-0.2, -0.15) is 0 Å². The third-order valence-corrected chi connectivity index (χ3v) is 3.92. The molecule has 2 fully saturated rings. The molecule has 1 saturated carbocycles. The van der Waals surface area contributed by atoms with Crippen molar-refractivity contribution in [3.05, 3.63) is 23.9 Å². The van der Waals surface area contributed by atoms with Gasteiger partial charge in [-0.15, -0.1) is 24.8 Å². The average Bonchev–Trinajstić information content (AvgIpc) is 3.26. The number of hydrogen-bond acceptors (Lipinski definition) is 4. The van der Waals surface area contributed by atoms with E-state index in [2.05, 4.69) is 21.3 Å². The van der Waals surface area contributed by atoms with Crippen molar-refractivity contribution in [1.82, 2.24) is 15.2 Å². The smallest absolute Gasteiger partial charge is 0.212 e. The van der Waals surface area contributed by atoms with Crippen LogP contribution in [0.15, 0.2) is 18.3 Å². The Morgan fingerprint density at radius 2 is 1.95 bits per heavy atom. The summed E-state index contributed by atoms with van der Waals surface area (Å²) in [5, 5.41) is 3.42. The van der Waals surface area contributed by atoms with Gasteiger partial charge in [0.1, 0.15) is 0 Å². The summed E-state index contributed by atoms with van der Waals surface area (Å²) in [6, 6.07) is 4.72. The zero-order valence-electron chi connectivity index (χ0n) is 11.7. The van der Waals surface area contributed by atoms with E-state index < -0.39 is 0 Å². The first-order chi connectivity index (χ1) is 8.88. The highest BCUT2D eigenvalue weighted by molar-refractivity contribution is 5.85. The average molecular weight is 320 g/mol. The number of ether oxygens (including phenoxy) is 1. The molecule has 0 radical (unpaired) electrons. The summed E-state index contributed by atoms with van der Waals surface area (Å²) in [6.07, 6.45) is 4.71. The Balaban J connectivity index is 0.000001000. The van der Waals surface area contributed by atoms with E-state index in [1.54, 1.807) is 7.11 Å². The summed E-state index contributed by atoms with van der Waals surface area (Å²) in [7, 11) is 1.66. The first kappa shape index (κ1) is 17.5. The number of pyridine rings is 1. The number of methoxy groups -OCH3 is 1. The van der Waals surface area contributed by atoms with Crippen molar-refractivity contribution < 1.29 is 4.74 Å². The third-order valence-electron chi connectivity index (χ3n) is 3.92. The molecule has 2 aliphatic rings. The maximum atomic E-state index is 5.14. The molecule has 114 valence electrons. The van der Waals surface area contributed by atoms with Crippen LogP contribution < -0.4 is 10.1 Å². The first-order valence-corrected chi connectivity index (χ1v) is 6.83. The summed E-state index contributed by atoms with van der Waals surface area (Å²) in [4.78, 5) is 6.97. The second-order valence-corrected chi connectivity index (χ2v) is 5.20. The molecule has 0 bridgehead atoms. The van der Waals surface area contributed by atoms with E-state index in [0.29, 0.717) is 11.9 Å². The van der Waals surface area contributed by atoms with Crippen LogP contribution in [0.25, 0.3) is 0 Å². The fraction of sp³-hybridized carbons (Fsp3) is 0.643. The minimum Gasteiger partial charge on any atom is -0.481 e. The Hall–Kier alpha value is -0.550. The lowest BCUT2D eigenvalue weighted by atomic mass is 10.0. The van der Waals surface area contributed by atoms with Crippen molar-refractivity contribution >= 4 is 24.8 Å². The Morgan fingerprint density at radius 1 is 1.25 bits per heavy atom. The van der Waals surface area contributed by atoms with E-state index in [4.69, 9.17) is 4.74 Å². The van der Waals surface area contributed by atoms with Crippen molar-refractivity contribution in [3.63, 3.8) is 0 Å². The number of rotatable bonds is 4. The molecule has 3 rings (SSSR count). The van der Waals surface area contributed by atoms with Gasteiger partial charge in [-0.3, -0.25) is 4.90 Å². The van der Waals surface area contributed by atoms with Gasteiger partial charge in [-0.25, -0.2) is 4.98 Å². The van der Waals surface area contributed by atoms with E-state index in [-0.39, 0.29) is 24.8 Å². The van der Waals surface area contributed by atoms with Gasteiger partial charge in [0.25, 0.3) is 0 Å². The molecule has 2 heterocycles. The molecule has 20 heavy (non-hydrogen) atoms. The highest BCUT2D eigenvalue weighted by Crippen LogP contribution is 2.44. The van der Waals surface area contributed by atoms with E-state index >= 15 is 0 Å². The van der Waals surface area contributed by atoms with E-state index in [9.17, 15) is 0 Å². The Morgan fingerprint density at radius 3 is 2.45 bits per heavy atom. The maximum absolute atomic E-state index is 5.14. The number of piperazine rings is 1. The summed E-state index contributed by atoms with van der Waals surface area (Å²) in [5.74, 6) is 1.53. The molecule has 1 atom stereocenters. The lowest BCUT2D eigenvalue weighted by Crippen LogP contribution is -2.45. The highest BCUT2D eigenvalue weighted by atomic mass is 35.5. The Labute approximate surface area is 133 Å². The molecule has 6 heteroatoms. The van der Waals surface area contributed by atoms with Crippen molar-refractivity contribution in [3.8, 4) is 5.88 Å². The molecule has 0 spiro atoms. The van der Waals surface area contributed by atoms with E-state index in [1.165, 1.54) is 18.4 Å². The van der Waals surface area contributed by atoms with Crippen LogP contribution in [0, 0.1) is 5.92 Å². The second-order valence-electron chi connectivity index (χ2n) is 5.20. The molecule has 0 aromatic carbocycles. The molecule has 1 saturated heterocycles. The first-order valence-electron chi connectivity index (χ1n) is 6.83. The molecule has 4 nitrogen and oxygen atoms in total. The van der Waals surface area contributed by atoms with Crippen molar-refractivity contribution in [1.29, 1.82) is 0 Å². The zero-order chi connectivity index (χ0) is 12.4. The van der Waals surface area contributed by atoms with Gasteiger partial charge in [0.2, 0.25) is 5.88 Å². The van der Waals surface area contributed by atoms with Crippen molar-refractivity contribution in [2.45, 2.75) is 18.9 Å². The second kappa shape index (κ2) is 8.03. The zero-order valence-corrected chi connectivity index (χ0v) is 13.4. The van der Waals surface area contributed by atoms with E-state index in [1.807, 2.05) is 12.3 Å². The Bertz CT molecular complexity index is 392. The topological polar surface area (TPSA) is 37.4 Å². The van der Waals surface area contributed by atoms with Crippen LogP contribution in [-0.2, 0) is 0 Å². The normalized spacial score (nSPS) is 20.4. The van der Waals surface area contributed by atoms with Gasteiger partial charge in [0.05, 0.1) is 7.11 Å². The van der Waals surface area contributed by atoms with Crippen LogP contribution >= 0.6 is 24.8 Å². The molecule has 1 aromatic rings. The van der Waals surface area contributed by atoms with Crippen LogP contribution in [0.2, 0.25) is 0 Å². The van der Waals surface area contributed by atoms with Gasteiger partial charge < -0.3 is 10.1 Å². The molecule has 0 unspecified atom stereocenters. The number of nitrogens with zero attached hydrogens (tertiary/aromatic N) is 2. The quantitative estimate of drug-likeness (QED) is 0.924. The summed E-state index contributed by atoms with van der Waals surface area (Å²) in [6.45, 7) is 4.50. The molecule has 1 N–H and O–H groups in total. The number of hydrogen-bond donors (Lipinski definition) is 1. The maximum Gasteiger partial charge on any atom is 0.212 e. The lowest BCUT2D eigenvalue weighted by Gasteiger charge is -2.35. The SMILES string of the molecule is COc1ccc([C@H](C2CC2)N2CCNCC2)cn1.Cl.Cl. The lowest BCUT2D eigenvalue weighted by molar-refractivity contribution is 0.156. The number of nitrogens with one attached hydrogen (secondary N) is 1. The molecule has 1 aliphatic heterocycles. The van der Waals surface area contributed by atoms with Gasteiger partial charge in [-0.05, 0) is 24.3 Å². The third kappa shape index (κ3) is 3.98. The fourth-order valence-electron chi connectivity index (χ4n) is 2.84. The highest BCUT2D eigenvalue weighted by Gasteiger charge is 2.36. The molecular weight excluding hydrogens is 297 g/mol. The van der Waals surface area contributed by atoms with Crippen LogP contribution in [0.3, 0.4) is 0 Å². The summed E-state index contributed by atoms with van der Waals surface area (Å²) < 4.78 is 5.14. The monoisotopic (exact) mass is 319 g/mol. The van der Waals surface area contributed by atoms with Gasteiger partial charge in [0, 0.05) is 44.5 Å². The van der Waals surface area contributed by atoms with Crippen LogP contribution in [0.4, 0.5) is 0 Å². The largest absolute Gasteiger partial charge is 0.481 e. The molecule has 1 aromatic heterocycles.